The van der Waals surface area contributed by atoms with Gasteiger partial charge in [-0.15, -0.1) is 0 Å². The molecule has 2 unspecified atom stereocenters. The van der Waals surface area contributed by atoms with Crippen LogP contribution in [0.15, 0.2) is 0 Å². The molecule has 2 heteroatoms. The van der Waals surface area contributed by atoms with Crippen molar-refractivity contribution < 1.29 is 0 Å². The van der Waals surface area contributed by atoms with Crippen molar-refractivity contribution in [2.75, 3.05) is 13.6 Å². The smallest absolute Gasteiger partial charge is 0.0113 e. The fourth-order valence-electron chi connectivity index (χ4n) is 3.54. The molecular weight excluding hydrogens is 208 g/mol. The summed E-state index contributed by atoms with van der Waals surface area (Å²) in [5, 5.41) is 3.50. The van der Waals surface area contributed by atoms with Gasteiger partial charge in [-0.3, -0.25) is 4.90 Å². The van der Waals surface area contributed by atoms with Crippen LogP contribution in [-0.4, -0.2) is 36.6 Å². The molecule has 2 aliphatic rings. The van der Waals surface area contributed by atoms with E-state index >= 15 is 0 Å². The van der Waals surface area contributed by atoms with Gasteiger partial charge in [-0.25, -0.2) is 0 Å². The minimum atomic E-state index is 0.480. The standard InChI is InChI=1S/C15H30N2/c1-15(2,3)8-9-17-13-6-5-7-14(17)11-12(10-13)16-4/h12-14,16H,5-11H2,1-4H3. The van der Waals surface area contributed by atoms with Crippen molar-refractivity contribution in [1.82, 2.24) is 10.2 Å². The predicted molar refractivity (Wildman–Crippen MR) is 74.3 cm³/mol. The molecule has 0 amide bonds. The number of hydrogen-bond donors (Lipinski definition) is 1. The second kappa shape index (κ2) is 5.27. The second-order valence-electron chi connectivity index (χ2n) is 7.24. The molecule has 100 valence electrons. The first-order valence-corrected chi connectivity index (χ1v) is 7.42. The van der Waals surface area contributed by atoms with Gasteiger partial charge in [0.1, 0.15) is 0 Å². The molecular formula is C15H30N2. The molecule has 2 atom stereocenters. The van der Waals surface area contributed by atoms with Crippen molar-refractivity contribution in [1.29, 1.82) is 0 Å². The molecule has 2 heterocycles. The van der Waals surface area contributed by atoms with Crippen molar-refractivity contribution in [3.05, 3.63) is 0 Å². The molecule has 0 aromatic heterocycles. The van der Waals surface area contributed by atoms with Gasteiger partial charge in [0.2, 0.25) is 0 Å². The highest BCUT2D eigenvalue weighted by atomic mass is 15.2. The first-order valence-electron chi connectivity index (χ1n) is 7.42. The van der Waals surface area contributed by atoms with E-state index in [-0.39, 0.29) is 0 Å². The minimum Gasteiger partial charge on any atom is -0.317 e. The highest BCUT2D eigenvalue weighted by Gasteiger charge is 2.37. The predicted octanol–water partition coefficient (Wildman–Crippen LogP) is 3.03. The first-order chi connectivity index (χ1) is 7.99. The van der Waals surface area contributed by atoms with E-state index < -0.39 is 0 Å². The number of nitrogens with zero attached hydrogens (tertiary/aromatic N) is 1. The lowest BCUT2D eigenvalue weighted by Gasteiger charge is -2.49. The molecule has 2 fully saturated rings. The van der Waals surface area contributed by atoms with Crippen LogP contribution in [0.25, 0.3) is 0 Å². The zero-order chi connectivity index (χ0) is 12.5. The lowest BCUT2D eigenvalue weighted by Crippen LogP contribution is -2.56. The average Bonchev–Trinajstić information content (AvgIpc) is 2.24. The summed E-state index contributed by atoms with van der Waals surface area (Å²) in [6.07, 6.45) is 8.40. The molecule has 0 spiro atoms. The van der Waals surface area contributed by atoms with Crippen LogP contribution in [0.4, 0.5) is 0 Å². The molecule has 2 bridgehead atoms. The first kappa shape index (κ1) is 13.4. The summed E-state index contributed by atoms with van der Waals surface area (Å²) < 4.78 is 0. The van der Waals surface area contributed by atoms with Gasteiger partial charge in [-0.1, -0.05) is 27.2 Å². The zero-order valence-corrected chi connectivity index (χ0v) is 12.1. The molecule has 0 saturated carbocycles. The number of piperidine rings is 2. The zero-order valence-electron chi connectivity index (χ0n) is 12.1. The SMILES string of the molecule is CNC1CC2CCCC(C1)N2CCC(C)(C)C. The fraction of sp³-hybridized carbons (Fsp3) is 1.00. The van der Waals surface area contributed by atoms with Crippen LogP contribution >= 0.6 is 0 Å². The number of hydrogen-bond acceptors (Lipinski definition) is 2. The van der Waals surface area contributed by atoms with Gasteiger partial charge in [0.25, 0.3) is 0 Å². The van der Waals surface area contributed by atoms with Gasteiger partial charge >= 0.3 is 0 Å². The van der Waals surface area contributed by atoms with Crippen LogP contribution < -0.4 is 5.32 Å². The van der Waals surface area contributed by atoms with E-state index in [4.69, 9.17) is 0 Å². The second-order valence-corrected chi connectivity index (χ2v) is 7.24. The topological polar surface area (TPSA) is 15.3 Å². The lowest BCUT2D eigenvalue weighted by molar-refractivity contribution is 0.0184. The molecule has 0 aliphatic carbocycles. The van der Waals surface area contributed by atoms with E-state index in [2.05, 4.69) is 38.0 Å². The monoisotopic (exact) mass is 238 g/mol. The summed E-state index contributed by atoms with van der Waals surface area (Å²) in [5.74, 6) is 0. The van der Waals surface area contributed by atoms with Crippen LogP contribution in [0.3, 0.4) is 0 Å². The van der Waals surface area contributed by atoms with Crippen molar-refractivity contribution in [3.8, 4) is 0 Å². The van der Waals surface area contributed by atoms with Gasteiger partial charge in [0.05, 0.1) is 0 Å². The van der Waals surface area contributed by atoms with Gasteiger partial charge < -0.3 is 5.32 Å². The van der Waals surface area contributed by atoms with E-state index in [9.17, 15) is 0 Å². The maximum atomic E-state index is 3.50. The Hall–Kier alpha value is -0.0800. The summed E-state index contributed by atoms with van der Waals surface area (Å²) in [4.78, 5) is 2.84. The molecule has 2 saturated heterocycles. The molecule has 0 aromatic rings. The lowest BCUT2D eigenvalue weighted by atomic mass is 9.80. The summed E-state index contributed by atoms with van der Waals surface area (Å²) in [6, 6.07) is 2.50. The van der Waals surface area contributed by atoms with Crippen LogP contribution in [0.5, 0.6) is 0 Å². The highest BCUT2D eigenvalue weighted by Crippen LogP contribution is 2.35. The third-order valence-electron chi connectivity index (χ3n) is 4.65. The molecule has 1 N–H and O–H groups in total. The third-order valence-corrected chi connectivity index (χ3v) is 4.65. The van der Waals surface area contributed by atoms with Crippen LogP contribution in [-0.2, 0) is 0 Å². The maximum Gasteiger partial charge on any atom is 0.0113 e. The Morgan fingerprint density at radius 3 is 2.18 bits per heavy atom. The van der Waals surface area contributed by atoms with E-state index in [0.717, 1.165) is 18.1 Å². The van der Waals surface area contributed by atoms with E-state index in [1.807, 2.05) is 0 Å². The quantitative estimate of drug-likeness (QED) is 0.813. The van der Waals surface area contributed by atoms with Crippen LogP contribution in [0.2, 0.25) is 0 Å². The third kappa shape index (κ3) is 3.45. The molecule has 2 aliphatic heterocycles. The molecule has 2 rings (SSSR count). The molecule has 0 radical (unpaired) electrons. The van der Waals surface area contributed by atoms with Crippen molar-refractivity contribution in [2.24, 2.45) is 5.41 Å². The van der Waals surface area contributed by atoms with E-state index in [1.54, 1.807) is 0 Å². The maximum absolute atomic E-state index is 3.50. The molecule has 0 aromatic carbocycles. The number of nitrogens with one attached hydrogen (secondary N) is 1. The normalized spacial score (nSPS) is 34.9. The molecule has 17 heavy (non-hydrogen) atoms. The van der Waals surface area contributed by atoms with Crippen LogP contribution in [0.1, 0.15) is 59.3 Å². The fourth-order valence-corrected chi connectivity index (χ4v) is 3.54. The Balaban J connectivity index is 1.93. The summed E-state index contributed by atoms with van der Waals surface area (Å²) in [6.45, 7) is 8.41. The number of rotatable bonds is 3. The minimum absolute atomic E-state index is 0.480. The molecule has 2 nitrogen and oxygen atoms in total. The van der Waals surface area contributed by atoms with Gasteiger partial charge in [0, 0.05) is 18.1 Å². The Bertz CT molecular complexity index is 230. The summed E-state index contributed by atoms with van der Waals surface area (Å²) in [7, 11) is 2.13. The van der Waals surface area contributed by atoms with Gasteiger partial charge in [-0.2, -0.15) is 0 Å². The summed E-state index contributed by atoms with van der Waals surface area (Å²) >= 11 is 0. The van der Waals surface area contributed by atoms with Crippen molar-refractivity contribution in [3.63, 3.8) is 0 Å². The Morgan fingerprint density at radius 2 is 1.71 bits per heavy atom. The largest absolute Gasteiger partial charge is 0.317 e. The van der Waals surface area contributed by atoms with Crippen LogP contribution in [0, 0.1) is 5.41 Å². The van der Waals surface area contributed by atoms with Crippen molar-refractivity contribution >= 4 is 0 Å². The Labute approximate surface area is 107 Å². The summed E-state index contributed by atoms with van der Waals surface area (Å²) in [5.41, 5.74) is 0.480. The van der Waals surface area contributed by atoms with E-state index in [0.29, 0.717) is 5.41 Å². The Morgan fingerprint density at radius 1 is 1.12 bits per heavy atom. The average molecular weight is 238 g/mol. The number of fused-ring (bicyclic) bond motifs is 2. The van der Waals surface area contributed by atoms with Crippen molar-refractivity contribution in [2.45, 2.75) is 77.4 Å². The highest BCUT2D eigenvalue weighted by molar-refractivity contribution is 4.94. The van der Waals surface area contributed by atoms with Gasteiger partial charge in [-0.05, 0) is 51.1 Å². The van der Waals surface area contributed by atoms with E-state index in [1.165, 1.54) is 45.1 Å². The van der Waals surface area contributed by atoms with Gasteiger partial charge in [0.15, 0.2) is 0 Å². The Kier molecular flexibility index (Phi) is 4.14.